The van der Waals surface area contributed by atoms with Gasteiger partial charge in [-0.3, -0.25) is 0 Å². The van der Waals surface area contributed by atoms with Crippen molar-refractivity contribution < 1.29 is 18.5 Å². The van der Waals surface area contributed by atoms with Crippen LogP contribution in [0.15, 0.2) is 27.2 Å². The molecule has 0 saturated heterocycles. The van der Waals surface area contributed by atoms with Crippen LogP contribution in [-0.2, 0) is 6.42 Å². The first-order valence-electron chi connectivity index (χ1n) is 6.78. The van der Waals surface area contributed by atoms with Gasteiger partial charge in [0, 0.05) is 11.6 Å². The van der Waals surface area contributed by atoms with E-state index in [1.807, 2.05) is 13.0 Å². The van der Waals surface area contributed by atoms with Gasteiger partial charge in [-0.2, -0.15) is 4.98 Å². The standard InChI is InChI=1S/C15H14ClN3O4/c1-8-6-9(18-22-8)7-12-17-15(19-23-12)10-4-5-11(20-2)14(21-3)13(10)16/h4-6H,7H2,1-3H3. The lowest BCUT2D eigenvalue weighted by atomic mass is 10.2. The van der Waals surface area contributed by atoms with Gasteiger partial charge < -0.3 is 18.5 Å². The number of hydrogen-bond acceptors (Lipinski definition) is 7. The van der Waals surface area contributed by atoms with Gasteiger partial charge in [0.05, 0.1) is 31.4 Å². The summed E-state index contributed by atoms with van der Waals surface area (Å²) in [6.07, 6.45) is 0.384. The van der Waals surface area contributed by atoms with Gasteiger partial charge in [-0.1, -0.05) is 21.9 Å². The molecule has 0 unspecified atom stereocenters. The van der Waals surface area contributed by atoms with Crippen LogP contribution in [0.3, 0.4) is 0 Å². The molecule has 0 aliphatic rings. The van der Waals surface area contributed by atoms with Gasteiger partial charge in [0.2, 0.25) is 11.7 Å². The Labute approximate surface area is 137 Å². The van der Waals surface area contributed by atoms with Gasteiger partial charge in [-0.25, -0.2) is 0 Å². The zero-order valence-electron chi connectivity index (χ0n) is 12.8. The summed E-state index contributed by atoms with van der Waals surface area (Å²) in [6, 6.07) is 5.29. The van der Waals surface area contributed by atoms with E-state index in [-0.39, 0.29) is 0 Å². The summed E-state index contributed by atoms with van der Waals surface area (Å²) in [5, 5.41) is 8.21. The predicted molar refractivity (Wildman–Crippen MR) is 81.9 cm³/mol. The fourth-order valence-corrected chi connectivity index (χ4v) is 2.47. The third-order valence-electron chi connectivity index (χ3n) is 3.20. The number of hydrogen-bond donors (Lipinski definition) is 0. The molecule has 0 aliphatic heterocycles. The molecule has 23 heavy (non-hydrogen) atoms. The van der Waals surface area contributed by atoms with Crippen LogP contribution < -0.4 is 9.47 Å². The molecule has 7 nitrogen and oxygen atoms in total. The first kappa shape index (κ1) is 15.4. The highest BCUT2D eigenvalue weighted by Crippen LogP contribution is 2.40. The Balaban J connectivity index is 1.91. The van der Waals surface area contributed by atoms with Crippen LogP contribution in [0.2, 0.25) is 5.02 Å². The molecule has 0 aliphatic carbocycles. The van der Waals surface area contributed by atoms with E-state index in [9.17, 15) is 0 Å². The third-order valence-corrected chi connectivity index (χ3v) is 3.58. The average Bonchev–Trinajstić information content (AvgIpc) is 3.16. The number of aromatic nitrogens is 3. The summed E-state index contributed by atoms with van der Waals surface area (Å²) in [7, 11) is 3.06. The predicted octanol–water partition coefficient (Wildman–Crippen LogP) is 3.29. The maximum absolute atomic E-state index is 6.35. The molecule has 0 spiro atoms. The SMILES string of the molecule is COc1ccc(-c2noc(Cc3cc(C)on3)n2)c(Cl)c1OC. The first-order chi connectivity index (χ1) is 11.1. The van der Waals surface area contributed by atoms with Crippen molar-refractivity contribution in [2.45, 2.75) is 13.3 Å². The molecule has 0 saturated carbocycles. The Morgan fingerprint density at radius 2 is 1.96 bits per heavy atom. The van der Waals surface area contributed by atoms with E-state index in [1.54, 1.807) is 19.2 Å². The molecule has 8 heteroatoms. The van der Waals surface area contributed by atoms with E-state index < -0.39 is 0 Å². The summed E-state index contributed by atoms with van der Waals surface area (Å²) in [6.45, 7) is 1.82. The second-order valence-corrected chi connectivity index (χ2v) is 5.16. The number of aryl methyl sites for hydroxylation is 1. The van der Waals surface area contributed by atoms with E-state index in [2.05, 4.69) is 15.3 Å². The molecular weight excluding hydrogens is 322 g/mol. The van der Waals surface area contributed by atoms with E-state index in [0.717, 1.165) is 11.5 Å². The Bertz CT molecular complexity index is 828. The van der Waals surface area contributed by atoms with Crippen molar-refractivity contribution in [1.82, 2.24) is 15.3 Å². The highest BCUT2D eigenvalue weighted by molar-refractivity contribution is 6.35. The highest BCUT2D eigenvalue weighted by Gasteiger charge is 2.19. The molecule has 2 heterocycles. The van der Waals surface area contributed by atoms with Crippen molar-refractivity contribution in [2.24, 2.45) is 0 Å². The molecule has 0 N–H and O–H groups in total. The van der Waals surface area contributed by atoms with Crippen molar-refractivity contribution in [2.75, 3.05) is 14.2 Å². The smallest absolute Gasteiger partial charge is 0.233 e. The largest absolute Gasteiger partial charge is 0.493 e. The second kappa shape index (κ2) is 6.29. The van der Waals surface area contributed by atoms with E-state index >= 15 is 0 Å². The molecule has 0 fully saturated rings. The normalized spacial score (nSPS) is 10.8. The quantitative estimate of drug-likeness (QED) is 0.707. The van der Waals surface area contributed by atoms with Crippen molar-refractivity contribution in [3.05, 3.63) is 40.6 Å². The summed E-state index contributed by atoms with van der Waals surface area (Å²) in [4.78, 5) is 4.34. The summed E-state index contributed by atoms with van der Waals surface area (Å²) >= 11 is 6.35. The monoisotopic (exact) mass is 335 g/mol. The Hall–Kier alpha value is -2.54. The maximum atomic E-state index is 6.35. The van der Waals surface area contributed by atoms with Crippen LogP contribution in [0.1, 0.15) is 17.3 Å². The van der Waals surface area contributed by atoms with Gasteiger partial charge in [-0.15, -0.1) is 0 Å². The lowest BCUT2D eigenvalue weighted by Crippen LogP contribution is -1.94. The number of rotatable bonds is 5. The zero-order chi connectivity index (χ0) is 16.4. The van der Waals surface area contributed by atoms with Crippen molar-refractivity contribution >= 4 is 11.6 Å². The van der Waals surface area contributed by atoms with Crippen LogP contribution in [0.5, 0.6) is 11.5 Å². The molecule has 120 valence electrons. The molecule has 0 bridgehead atoms. The lowest BCUT2D eigenvalue weighted by molar-refractivity contribution is 0.355. The number of benzene rings is 1. The molecular formula is C15H14ClN3O4. The zero-order valence-corrected chi connectivity index (χ0v) is 13.5. The van der Waals surface area contributed by atoms with Crippen molar-refractivity contribution in [3.63, 3.8) is 0 Å². The van der Waals surface area contributed by atoms with Gasteiger partial charge in [0.15, 0.2) is 11.5 Å². The van der Waals surface area contributed by atoms with Crippen LogP contribution in [0.4, 0.5) is 0 Å². The number of nitrogens with zero attached hydrogens (tertiary/aromatic N) is 3. The van der Waals surface area contributed by atoms with Crippen LogP contribution in [0.25, 0.3) is 11.4 Å². The number of ether oxygens (including phenoxy) is 2. The van der Waals surface area contributed by atoms with Crippen LogP contribution in [-0.4, -0.2) is 29.5 Å². The summed E-state index contributed by atoms with van der Waals surface area (Å²) in [5.41, 5.74) is 1.31. The van der Waals surface area contributed by atoms with Crippen molar-refractivity contribution in [1.29, 1.82) is 0 Å². The minimum atomic E-state index is 0.358. The van der Waals surface area contributed by atoms with E-state index in [0.29, 0.717) is 40.2 Å². The van der Waals surface area contributed by atoms with Gasteiger partial charge in [0.25, 0.3) is 0 Å². The Morgan fingerprint density at radius 1 is 1.13 bits per heavy atom. The van der Waals surface area contributed by atoms with Crippen molar-refractivity contribution in [3.8, 4) is 22.9 Å². The number of methoxy groups -OCH3 is 2. The van der Waals surface area contributed by atoms with Crippen LogP contribution >= 0.6 is 11.6 Å². The minimum Gasteiger partial charge on any atom is -0.493 e. The minimum absolute atomic E-state index is 0.358. The van der Waals surface area contributed by atoms with Gasteiger partial charge in [-0.05, 0) is 19.1 Å². The number of halogens is 1. The molecule has 0 amide bonds. The molecule has 3 aromatic rings. The molecule has 2 aromatic heterocycles. The lowest BCUT2D eigenvalue weighted by Gasteiger charge is -2.10. The third kappa shape index (κ3) is 3.00. The van der Waals surface area contributed by atoms with E-state index in [1.165, 1.54) is 7.11 Å². The summed E-state index contributed by atoms with van der Waals surface area (Å²) in [5.74, 6) is 2.46. The molecule has 0 radical (unpaired) electrons. The molecule has 0 atom stereocenters. The van der Waals surface area contributed by atoms with E-state index in [4.69, 9.17) is 30.1 Å². The first-order valence-corrected chi connectivity index (χ1v) is 7.15. The highest BCUT2D eigenvalue weighted by atomic mass is 35.5. The Kier molecular flexibility index (Phi) is 4.20. The Morgan fingerprint density at radius 3 is 2.61 bits per heavy atom. The molecule has 1 aromatic carbocycles. The topological polar surface area (TPSA) is 83.4 Å². The second-order valence-electron chi connectivity index (χ2n) is 4.78. The fraction of sp³-hybridized carbons (Fsp3) is 0.267. The van der Waals surface area contributed by atoms with Gasteiger partial charge >= 0.3 is 0 Å². The molecule has 3 rings (SSSR count). The van der Waals surface area contributed by atoms with Crippen LogP contribution in [0, 0.1) is 6.92 Å². The maximum Gasteiger partial charge on any atom is 0.233 e. The average molecular weight is 336 g/mol. The summed E-state index contributed by atoms with van der Waals surface area (Å²) < 4.78 is 20.7. The fourth-order valence-electron chi connectivity index (χ4n) is 2.15. The van der Waals surface area contributed by atoms with Gasteiger partial charge in [0.1, 0.15) is 5.76 Å².